The van der Waals surface area contributed by atoms with Gasteiger partial charge in [0.25, 0.3) is 0 Å². The maximum Gasteiger partial charge on any atom is 0.227 e. The fourth-order valence-electron chi connectivity index (χ4n) is 4.98. The maximum atomic E-state index is 13.3. The Labute approximate surface area is 222 Å². The van der Waals surface area contributed by atoms with E-state index in [9.17, 15) is 9.18 Å². The lowest BCUT2D eigenvalue weighted by Gasteiger charge is -2.29. The molecule has 38 heavy (non-hydrogen) atoms. The summed E-state index contributed by atoms with van der Waals surface area (Å²) < 4.78 is 15.3. The molecule has 198 valence electrons. The number of hydrogen-bond acceptors (Lipinski definition) is 6. The predicted octanol–water partition coefficient (Wildman–Crippen LogP) is 5.68. The number of carbonyl (C=O) groups excluding carboxylic acids is 1. The molecule has 9 heteroatoms. The van der Waals surface area contributed by atoms with E-state index >= 15 is 0 Å². The van der Waals surface area contributed by atoms with Gasteiger partial charge in [-0.25, -0.2) is 9.37 Å². The average molecular weight is 516 g/mol. The molecule has 3 N–H and O–H groups in total. The lowest BCUT2D eigenvalue weighted by Crippen LogP contribution is -2.39. The highest BCUT2D eigenvalue weighted by Gasteiger charge is 2.23. The molecule has 4 aromatic rings. The summed E-state index contributed by atoms with van der Waals surface area (Å²) in [5.74, 6) is 1.05. The molecule has 8 nitrogen and oxygen atoms in total. The van der Waals surface area contributed by atoms with E-state index in [0.717, 1.165) is 53.5 Å². The molecule has 0 radical (unpaired) electrons. The van der Waals surface area contributed by atoms with Gasteiger partial charge in [0.05, 0.1) is 6.33 Å². The average Bonchev–Trinajstić information content (AvgIpc) is 3.33. The Kier molecular flexibility index (Phi) is 7.53. The first-order chi connectivity index (χ1) is 18.4. The van der Waals surface area contributed by atoms with E-state index in [4.69, 9.17) is 9.97 Å². The van der Waals surface area contributed by atoms with E-state index in [0.29, 0.717) is 18.3 Å². The summed E-state index contributed by atoms with van der Waals surface area (Å²) in [6.07, 6.45) is 5.57. The van der Waals surface area contributed by atoms with E-state index < -0.39 is 0 Å². The van der Waals surface area contributed by atoms with Crippen molar-refractivity contribution < 1.29 is 9.18 Å². The number of carbonyl (C=O) groups is 1. The van der Waals surface area contributed by atoms with Gasteiger partial charge in [-0.2, -0.15) is 9.97 Å². The molecule has 2 aromatic carbocycles. The maximum absolute atomic E-state index is 13.3. The normalized spacial score (nSPS) is 17.5. The monoisotopic (exact) mass is 515 g/mol. The number of nitrogens with zero attached hydrogens (tertiary/aromatic N) is 4. The fourth-order valence-corrected chi connectivity index (χ4v) is 4.98. The van der Waals surface area contributed by atoms with Crippen LogP contribution in [0.15, 0.2) is 54.9 Å². The Morgan fingerprint density at radius 2 is 1.61 bits per heavy atom. The van der Waals surface area contributed by atoms with Gasteiger partial charge >= 0.3 is 0 Å². The van der Waals surface area contributed by atoms with Crippen LogP contribution in [0.3, 0.4) is 0 Å². The second-order valence-electron chi connectivity index (χ2n) is 10.3. The van der Waals surface area contributed by atoms with Crippen molar-refractivity contribution in [3.63, 3.8) is 0 Å². The highest BCUT2D eigenvalue weighted by atomic mass is 19.1. The third-order valence-corrected chi connectivity index (χ3v) is 7.04. The Balaban J connectivity index is 1.32. The second kappa shape index (κ2) is 11.2. The molecular weight excluding hydrogens is 481 g/mol. The highest BCUT2D eigenvalue weighted by Crippen LogP contribution is 2.27. The zero-order chi connectivity index (χ0) is 26.6. The summed E-state index contributed by atoms with van der Waals surface area (Å²) in [6, 6.07) is 15.4. The number of hydrogen-bond donors (Lipinski definition) is 3. The summed E-state index contributed by atoms with van der Waals surface area (Å²) in [5.41, 5.74) is 4.63. The smallest absolute Gasteiger partial charge is 0.227 e. The minimum absolute atomic E-state index is 0.0259. The number of amides is 1. The molecule has 0 saturated heterocycles. The van der Waals surface area contributed by atoms with Crippen molar-refractivity contribution >= 4 is 28.8 Å². The third kappa shape index (κ3) is 5.93. The van der Waals surface area contributed by atoms with E-state index in [2.05, 4.69) is 51.5 Å². The molecule has 0 spiro atoms. The molecular formula is C29H34FN7O. The minimum atomic E-state index is -0.239. The number of fused-ring (bicyclic) bond motifs is 1. The number of rotatable bonds is 8. The van der Waals surface area contributed by atoms with E-state index in [1.165, 1.54) is 12.1 Å². The standard InChI is InChI=1S/C29H34FN7O/c1-18(2)37-17-32-26-27(31-16-20-4-6-21(7-5-20)22-8-10-23(30)11-9-22)35-29(36-28(26)37)34-25-14-12-24(13-15-25)33-19(3)38/h4-11,17-18,24-25H,12-16H2,1-3H3,(H,33,38)(H2,31,34,35,36). The van der Waals surface area contributed by atoms with Gasteiger partial charge in [-0.3, -0.25) is 4.79 Å². The van der Waals surface area contributed by atoms with Crippen LogP contribution >= 0.6 is 0 Å². The summed E-state index contributed by atoms with van der Waals surface area (Å²) in [4.78, 5) is 25.6. The summed E-state index contributed by atoms with van der Waals surface area (Å²) >= 11 is 0. The SMILES string of the molecule is CC(=O)NC1CCC(Nc2nc(NCc3ccc(-c4ccc(F)cc4)cc3)c3ncn(C(C)C)c3n2)CC1. The van der Waals surface area contributed by atoms with Gasteiger partial charge in [-0.1, -0.05) is 36.4 Å². The van der Waals surface area contributed by atoms with Crippen molar-refractivity contribution in [3.05, 3.63) is 66.2 Å². The number of benzene rings is 2. The summed E-state index contributed by atoms with van der Waals surface area (Å²) in [6.45, 7) is 6.36. The minimum Gasteiger partial charge on any atom is -0.364 e. The number of halogens is 1. The summed E-state index contributed by atoms with van der Waals surface area (Å²) in [5, 5.41) is 10.0. The van der Waals surface area contributed by atoms with Crippen LogP contribution < -0.4 is 16.0 Å². The number of nitrogens with one attached hydrogen (secondary N) is 3. The molecule has 1 aliphatic carbocycles. The lowest BCUT2D eigenvalue weighted by molar-refractivity contribution is -0.119. The zero-order valence-corrected chi connectivity index (χ0v) is 22.0. The molecule has 0 atom stereocenters. The van der Waals surface area contributed by atoms with Crippen molar-refractivity contribution in [2.24, 2.45) is 0 Å². The van der Waals surface area contributed by atoms with Gasteiger partial charge in [-0.05, 0) is 68.4 Å². The number of anilines is 2. The van der Waals surface area contributed by atoms with Gasteiger partial charge in [0, 0.05) is 31.6 Å². The molecule has 0 aliphatic heterocycles. The van der Waals surface area contributed by atoms with Crippen molar-refractivity contribution in [3.8, 4) is 11.1 Å². The van der Waals surface area contributed by atoms with Gasteiger partial charge in [-0.15, -0.1) is 0 Å². The highest BCUT2D eigenvalue weighted by molar-refractivity contribution is 5.84. The van der Waals surface area contributed by atoms with Crippen LogP contribution in [-0.2, 0) is 11.3 Å². The van der Waals surface area contributed by atoms with Crippen molar-refractivity contribution in [1.82, 2.24) is 24.8 Å². The van der Waals surface area contributed by atoms with Gasteiger partial charge in [0.15, 0.2) is 17.0 Å². The van der Waals surface area contributed by atoms with Crippen LogP contribution in [0.4, 0.5) is 16.2 Å². The number of imidazole rings is 1. The van der Waals surface area contributed by atoms with Crippen molar-refractivity contribution in [2.45, 2.75) is 71.1 Å². The van der Waals surface area contributed by atoms with Crippen LogP contribution in [0.2, 0.25) is 0 Å². The Morgan fingerprint density at radius 1 is 0.974 bits per heavy atom. The van der Waals surface area contributed by atoms with Crippen LogP contribution in [0.25, 0.3) is 22.3 Å². The van der Waals surface area contributed by atoms with Crippen LogP contribution in [0.5, 0.6) is 0 Å². The quantitative estimate of drug-likeness (QED) is 0.279. The van der Waals surface area contributed by atoms with E-state index in [1.807, 2.05) is 18.5 Å². The van der Waals surface area contributed by atoms with Crippen molar-refractivity contribution in [1.29, 1.82) is 0 Å². The van der Waals surface area contributed by atoms with Crippen LogP contribution in [0, 0.1) is 5.82 Å². The first kappa shape index (κ1) is 25.6. The van der Waals surface area contributed by atoms with Crippen LogP contribution in [-0.4, -0.2) is 37.5 Å². The Morgan fingerprint density at radius 3 is 2.24 bits per heavy atom. The molecule has 1 aliphatic rings. The van der Waals surface area contributed by atoms with Gasteiger partial charge in [0.2, 0.25) is 11.9 Å². The first-order valence-electron chi connectivity index (χ1n) is 13.2. The second-order valence-corrected chi connectivity index (χ2v) is 10.3. The largest absolute Gasteiger partial charge is 0.364 e. The molecule has 2 heterocycles. The van der Waals surface area contributed by atoms with E-state index in [-0.39, 0.29) is 29.8 Å². The van der Waals surface area contributed by atoms with Crippen LogP contribution in [0.1, 0.15) is 58.1 Å². The first-order valence-corrected chi connectivity index (χ1v) is 13.2. The molecule has 5 rings (SSSR count). The molecule has 1 saturated carbocycles. The Bertz CT molecular complexity index is 1390. The summed E-state index contributed by atoms with van der Waals surface area (Å²) in [7, 11) is 0. The van der Waals surface area contributed by atoms with E-state index in [1.54, 1.807) is 19.1 Å². The topological polar surface area (TPSA) is 96.8 Å². The molecule has 2 aromatic heterocycles. The predicted molar refractivity (Wildman–Crippen MR) is 148 cm³/mol. The molecule has 1 fully saturated rings. The van der Waals surface area contributed by atoms with Crippen molar-refractivity contribution in [2.75, 3.05) is 10.6 Å². The molecule has 1 amide bonds. The molecule has 0 unspecified atom stereocenters. The number of aromatic nitrogens is 4. The van der Waals surface area contributed by atoms with Gasteiger partial charge < -0.3 is 20.5 Å². The zero-order valence-electron chi connectivity index (χ0n) is 22.0. The Hall–Kier alpha value is -4.01. The van der Waals surface area contributed by atoms with Gasteiger partial charge in [0.1, 0.15) is 5.82 Å². The third-order valence-electron chi connectivity index (χ3n) is 7.04. The fraction of sp³-hybridized carbons (Fsp3) is 0.379. The lowest BCUT2D eigenvalue weighted by atomic mass is 9.91. The molecule has 0 bridgehead atoms.